The zero-order valence-electron chi connectivity index (χ0n) is 13.7. The molecule has 0 unspecified atom stereocenters. The Bertz CT molecular complexity index is 583. The Hall–Kier alpha value is -0.790. The second-order valence-corrected chi connectivity index (χ2v) is 8.81. The molecule has 0 atom stereocenters. The molecule has 0 heterocycles. The molecule has 0 amide bonds. The van der Waals surface area contributed by atoms with Crippen molar-refractivity contribution < 1.29 is 4.79 Å². The van der Waals surface area contributed by atoms with Crippen LogP contribution in [0.25, 0.3) is 5.03 Å². The highest BCUT2D eigenvalue weighted by atomic mass is 35.5. The van der Waals surface area contributed by atoms with Gasteiger partial charge in [0.25, 0.3) is 0 Å². The summed E-state index contributed by atoms with van der Waals surface area (Å²) >= 11 is 12.6. The Morgan fingerprint density at radius 2 is 1.77 bits per heavy atom. The average molecular weight is 339 g/mol. The number of hydrogen-bond donors (Lipinski definition) is 0. The van der Waals surface area contributed by atoms with Gasteiger partial charge >= 0.3 is 0 Å². The van der Waals surface area contributed by atoms with Gasteiger partial charge in [0.2, 0.25) is 0 Å². The van der Waals surface area contributed by atoms with Crippen LogP contribution in [0.15, 0.2) is 24.3 Å². The van der Waals surface area contributed by atoms with E-state index in [1.165, 1.54) is 18.1 Å². The molecule has 0 aliphatic heterocycles. The largest absolute Gasteiger partial charge is 0.299 e. The van der Waals surface area contributed by atoms with Crippen LogP contribution in [-0.2, 0) is 4.79 Å². The van der Waals surface area contributed by atoms with Gasteiger partial charge in [-0.05, 0) is 59.3 Å². The minimum Gasteiger partial charge on any atom is -0.299 e. The molecule has 2 rings (SSSR count). The first-order valence-corrected chi connectivity index (χ1v) is 8.50. The molecule has 1 aliphatic rings. The normalized spacial score (nSPS) is 21.6. The molecular weight excluding hydrogens is 315 g/mol. The predicted octanol–water partition coefficient (Wildman–Crippen LogP) is 6.44. The van der Waals surface area contributed by atoms with E-state index in [9.17, 15) is 4.79 Å². The molecule has 0 bridgehead atoms. The summed E-state index contributed by atoms with van der Waals surface area (Å²) in [5.74, 6) is 0.467. The maximum atomic E-state index is 10.5. The van der Waals surface area contributed by atoms with Crippen LogP contribution in [0.1, 0.15) is 64.0 Å². The lowest BCUT2D eigenvalue weighted by Gasteiger charge is -2.45. The van der Waals surface area contributed by atoms with Crippen LogP contribution in [0.4, 0.5) is 0 Å². The molecule has 0 N–H and O–H groups in total. The molecule has 0 spiro atoms. The van der Waals surface area contributed by atoms with Gasteiger partial charge in [-0.15, -0.1) is 0 Å². The summed E-state index contributed by atoms with van der Waals surface area (Å²) < 4.78 is 0. The quantitative estimate of drug-likeness (QED) is 0.457. The number of hydrogen-bond acceptors (Lipinski definition) is 1. The number of halogens is 2. The van der Waals surface area contributed by atoms with Crippen LogP contribution in [0.2, 0.25) is 5.02 Å². The first-order chi connectivity index (χ1) is 10.1. The first-order valence-electron chi connectivity index (χ1n) is 7.74. The molecule has 1 fully saturated rings. The molecule has 1 aliphatic carbocycles. The molecule has 1 aromatic rings. The standard InChI is InChI=1S/C19H24Cl2O/c1-18(2)10-14(11-19(3,4)12-18)15-6-5-13(9-17(15)21)16(20)7-8-22/h5-9,14H,10-12H2,1-4H3. The van der Waals surface area contributed by atoms with E-state index >= 15 is 0 Å². The summed E-state index contributed by atoms with van der Waals surface area (Å²) in [5.41, 5.74) is 2.63. The molecule has 3 heteroatoms. The molecule has 120 valence electrons. The van der Waals surface area contributed by atoms with Crippen molar-refractivity contribution in [3.05, 3.63) is 40.4 Å². The molecular formula is C19H24Cl2O. The maximum Gasteiger partial charge on any atom is 0.144 e. The average Bonchev–Trinajstić information content (AvgIpc) is 2.35. The van der Waals surface area contributed by atoms with Crippen LogP contribution in [0.5, 0.6) is 0 Å². The number of rotatable bonds is 3. The Morgan fingerprint density at radius 1 is 1.18 bits per heavy atom. The predicted molar refractivity (Wildman–Crippen MR) is 95.5 cm³/mol. The summed E-state index contributed by atoms with van der Waals surface area (Å²) in [6.45, 7) is 9.36. The van der Waals surface area contributed by atoms with Crippen LogP contribution >= 0.6 is 23.2 Å². The van der Waals surface area contributed by atoms with E-state index < -0.39 is 0 Å². The van der Waals surface area contributed by atoms with Crippen molar-refractivity contribution >= 4 is 34.5 Å². The molecule has 0 saturated heterocycles. The molecule has 1 aromatic carbocycles. The Labute approximate surface area is 143 Å². The number of carbonyl (C=O) groups is 1. The number of carbonyl (C=O) groups excluding carboxylic acids is 1. The topological polar surface area (TPSA) is 17.1 Å². The third-order valence-corrected chi connectivity index (χ3v) is 5.16. The van der Waals surface area contributed by atoms with Crippen molar-refractivity contribution in [3.63, 3.8) is 0 Å². The third kappa shape index (κ3) is 4.14. The smallest absolute Gasteiger partial charge is 0.144 e. The number of benzene rings is 1. The maximum absolute atomic E-state index is 10.5. The van der Waals surface area contributed by atoms with E-state index in [0.717, 1.165) is 23.4 Å². The highest BCUT2D eigenvalue weighted by molar-refractivity contribution is 6.49. The van der Waals surface area contributed by atoms with Gasteiger partial charge in [0.1, 0.15) is 6.29 Å². The second kappa shape index (κ2) is 6.37. The minimum absolute atomic E-state index is 0.323. The van der Waals surface area contributed by atoms with Gasteiger partial charge in [0.05, 0.1) is 5.03 Å². The van der Waals surface area contributed by atoms with Crippen molar-refractivity contribution in [1.29, 1.82) is 0 Å². The summed E-state index contributed by atoms with van der Waals surface area (Å²) in [7, 11) is 0. The molecule has 1 nitrogen and oxygen atoms in total. The van der Waals surface area contributed by atoms with E-state index in [-0.39, 0.29) is 0 Å². The Kier molecular flexibility index (Phi) is 5.09. The lowest BCUT2D eigenvalue weighted by atomic mass is 9.60. The van der Waals surface area contributed by atoms with Gasteiger partial charge in [-0.2, -0.15) is 0 Å². The van der Waals surface area contributed by atoms with E-state index in [0.29, 0.717) is 28.1 Å². The molecule has 1 saturated carbocycles. The van der Waals surface area contributed by atoms with E-state index in [1.54, 1.807) is 0 Å². The first kappa shape index (κ1) is 17.6. The molecule has 22 heavy (non-hydrogen) atoms. The van der Waals surface area contributed by atoms with Crippen LogP contribution in [0, 0.1) is 10.8 Å². The van der Waals surface area contributed by atoms with Gasteiger partial charge in [0, 0.05) is 5.02 Å². The fourth-order valence-electron chi connectivity index (χ4n) is 4.23. The van der Waals surface area contributed by atoms with E-state index in [4.69, 9.17) is 23.2 Å². The summed E-state index contributed by atoms with van der Waals surface area (Å²) in [6.07, 6.45) is 5.57. The summed E-state index contributed by atoms with van der Waals surface area (Å²) in [6, 6.07) is 5.90. The summed E-state index contributed by atoms with van der Waals surface area (Å²) in [4.78, 5) is 10.5. The Morgan fingerprint density at radius 3 is 2.27 bits per heavy atom. The van der Waals surface area contributed by atoms with Crippen LogP contribution in [-0.4, -0.2) is 6.29 Å². The number of allylic oxidation sites excluding steroid dienone is 1. The van der Waals surface area contributed by atoms with Gasteiger partial charge in [-0.25, -0.2) is 0 Å². The van der Waals surface area contributed by atoms with Gasteiger partial charge < -0.3 is 0 Å². The fraction of sp³-hybridized carbons (Fsp3) is 0.526. The van der Waals surface area contributed by atoms with Crippen LogP contribution in [0.3, 0.4) is 0 Å². The van der Waals surface area contributed by atoms with Crippen LogP contribution < -0.4 is 0 Å². The Balaban J connectivity index is 2.33. The van der Waals surface area contributed by atoms with Crippen molar-refractivity contribution in [2.45, 2.75) is 52.9 Å². The fourth-order valence-corrected chi connectivity index (χ4v) is 4.73. The second-order valence-electron chi connectivity index (χ2n) is 8.00. The van der Waals surface area contributed by atoms with Gasteiger partial charge in [-0.1, -0.05) is 63.0 Å². The highest BCUT2D eigenvalue weighted by Crippen LogP contribution is 2.52. The van der Waals surface area contributed by atoms with E-state index in [2.05, 4.69) is 33.8 Å². The number of aldehydes is 1. The lowest BCUT2D eigenvalue weighted by molar-refractivity contribution is -0.104. The van der Waals surface area contributed by atoms with Gasteiger partial charge in [0.15, 0.2) is 0 Å². The third-order valence-electron chi connectivity index (χ3n) is 4.49. The minimum atomic E-state index is 0.323. The zero-order chi connectivity index (χ0) is 16.5. The van der Waals surface area contributed by atoms with E-state index in [1.807, 2.05) is 12.1 Å². The van der Waals surface area contributed by atoms with Crippen molar-refractivity contribution in [1.82, 2.24) is 0 Å². The lowest BCUT2D eigenvalue weighted by Crippen LogP contribution is -2.33. The van der Waals surface area contributed by atoms with Crippen molar-refractivity contribution in [2.75, 3.05) is 0 Å². The SMILES string of the molecule is CC1(C)CC(c2ccc(C(Cl)=CC=O)cc2Cl)CC(C)(C)C1. The zero-order valence-corrected chi connectivity index (χ0v) is 15.3. The monoisotopic (exact) mass is 338 g/mol. The van der Waals surface area contributed by atoms with Crippen molar-refractivity contribution in [2.24, 2.45) is 10.8 Å². The molecule has 0 radical (unpaired) electrons. The highest BCUT2D eigenvalue weighted by Gasteiger charge is 2.39. The molecule has 0 aromatic heterocycles. The summed E-state index contributed by atoms with van der Waals surface area (Å²) in [5, 5.41) is 1.17. The van der Waals surface area contributed by atoms with Gasteiger partial charge in [-0.3, -0.25) is 4.79 Å². The van der Waals surface area contributed by atoms with Crippen molar-refractivity contribution in [3.8, 4) is 0 Å².